The number of hydrogen-bond donors (Lipinski definition) is 4. The molecule has 1 aliphatic heterocycles. The number of likely N-dealkylation sites (tertiary alicyclic amines) is 1. The molecule has 8 heteroatoms. The molecule has 0 saturated carbocycles. The minimum atomic E-state index is -3.33. The summed E-state index contributed by atoms with van der Waals surface area (Å²) in [7, 11) is -3.33. The molecule has 1 amide bonds. The van der Waals surface area contributed by atoms with Crippen LogP contribution in [-0.2, 0) is 0 Å². The SMILES string of the molecule is O=C(c1ccc(NS(O)(O)c2cccc3cccnc23)cc1)N1CC(O)C1. The fraction of sp³-hybridized carbons (Fsp3) is 0.158. The van der Waals surface area contributed by atoms with E-state index in [-0.39, 0.29) is 5.91 Å². The number of aliphatic hydroxyl groups is 1. The van der Waals surface area contributed by atoms with Gasteiger partial charge in [-0.3, -0.25) is 23.6 Å². The number of nitrogens with one attached hydrogen (secondary N) is 1. The van der Waals surface area contributed by atoms with E-state index in [9.17, 15) is 19.0 Å². The Balaban J connectivity index is 1.55. The van der Waals surface area contributed by atoms with Gasteiger partial charge in [0.2, 0.25) is 0 Å². The summed E-state index contributed by atoms with van der Waals surface area (Å²) in [4.78, 5) is 18.4. The maximum atomic E-state index is 12.2. The van der Waals surface area contributed by atoms with Gasteiger partial charge in [-0.1, -0.05) is 29.0 Å². The number of para-hydroxylation sites is 1. The van der Waals surface area contributed by atoms with Crippen LogP contribution in [0.25, 0.3) is 10.9 Å². The molecule has 1 saturated heterocycles. The maximum Gasteiger partial charge on any atom is 0.254 e. The molecule has 27 heavy (non-hydrogen) atoms. The highest BCUT2D eigenvalue weighted by Gasteiger charge is 2.29. The summed E-state index contributed by atoms with van der Waals surface area (Å²) in [6.07, 6.45) is 1.16. The lowest BCUT2D eigenvalue weighted by Gasteiger charge is -2.36. The molecule has 0 unspecified atom stereocenters. The van der Waals surface area contributed by atoms with Crippen molar-refractivity contribution < 1.29 is 19.0 Å². The van der Waals surface area contributed by atoms with Gasteiger partial charge in [-0.2, -0.15) is 0 Å². The van der Waals surface area contributed by atoms with E-state index in [0.717, 1.165) is 5.39 Å². The van der Waals surface area contributed by atoms with Crippen LogP contribution in [0.15, 0.2) is 65.7 Å². The molecule has 0 bridgehead atoms. The summed E-state index contributed by atoms with van der Waals surface area (Å²) in [5, 5.41) is 10.1. The molecule has 140 valence electrons. The fourth-order valence-electron chi connectivity index (χ4n) is 3.01. The Hall–Kier alpha value is -2.65. The zero-order valence-electron chi connectivity index (χ0n) is 14.3. The number of pyridine rings is 1. The van der Waals surface area contributed by atoms with E-state index in [1.165, 1.54) is 0 Å². The van der Waals surface area contributed by atoms with Crippen molar-refractivity contribution in [1.82, 2.24) is 9.88 Å². The van der Waals surface area contributed by atoms with E-state index < -0.39 is 16.9 Å². The van der Waals surface area contributed by atoms with Crippen LogP contribution in [0, 0.1) is 0 Å². The average Bonchev–Trinajstić information content (AvgIpc) is 2.65. The molecule has 0 radical (unpaired) electrons. The second-order valence-electron chi connectivity index (χ2n) is 6.42. The normalized spacial score (nSPS) is 15.4. The number of carbonyl (C=O) groups is 1. The lowest BCUT2D eigenvalue weighted by atomic mass is 10.1. The van der Waals surface area contributed by atoms with Crippen molar-refractivity contribution in [1.29, 1.82) is 0 Å². The second-order valence-corrected chi connectivity index (χ2v) is 8.17. The maximum absolute atomic E-state index is 12.2. The number of β-amino-alcohol motifs (C(OH)–C–C–N with tert-alkyl or cyclic N) is 1. The molecule has 2 aromatic carbocycles. The molecule has 1 aromatic heterocycles. The molecule has 1 aliphatic rings. The highest BCUT2D eigenvalue weighted by atomic mass is 32.3. The predicted octanol–water partition coefficient (Wildman–Crippen LogP) is 3.19. The lowest BCUT2D eigenvalue weighted by Crippen LogP contribution is -2.53. The number of aromatic nitrogens is 1. The van der Waals surface area contributed by atoms with Crippen molar-refractivity contribution in [2.75, 3.05) is 17.8 Å². The van der Waals surface area contributed by atoms with Gasteiger partial charge < -0.3 is 10.0 Å². The van der Waals surface area contributed by atoms with Crippen LogP contribution in [0.5, 0.6) is 0 Å². The minimum absolute atomic E-state index is 0.156. The quantitative estimate of drug-likeness (QED) is 0.550. The first-order valence-electron chi connectivity index (χ1n) is 8.41. The Morgan fingerprint density at radius 2 is 1.78 bits per heavy atom. The van der Waals surface area contributed by atoms with Crippen LogP contribution >= 0.6 is 10.8 Å². The number of aliphatic hydroxyl groups excluding tert-OH is 1. The summed E-state index contributed by atoms with van der Waals surface area (Å²) in [5.41, 5.74) is 1.48. The largest absolute Gasteiger partial charge is 0.389 e. The number of amides is 1. The Labute approximate surface area is 157 Å². The highest BCUT2D eigenvalue weighted by molar-refractivity contribution is 8.25. The van der Waals surface area contributed by atoms with Crippen LogP contribution < -0.4 is 4.72 Å². The number of anilines is 1. The van der Waals surface area contributed by atoms with E-state index in [4.69, 9.17) is 0 Å². The number of rotatable bonds is 4. The highest BCUT2D eigenvalue weighted by Crippen LogP contribution is 2.50. The second kappa shape index (κ2) is 6.82. The third-order valence-corrected chi connectivity index (χ3v) is 5.91. The molecule has 2 heterocycles. The van der Waals surface area contributed by atoms with Gasteiger partial charge in [-0.25, -0.2) is 0 Å². The lowest BCUT2D eigenvalue weighted by molar-refractivity contribution is 0.00590. The molecular weight excluding hydrogens is 366 g/mol. The van der Waals surface area contributed by atoms with Crippen molar-refractivity contribution in [3.8, 4) is 0 Å². The average molecular weight is 385 g/mol. The van der Waals surface area contributed by atoms with E-state index in [0.29, 0.717) is 34.8 Å². The first kappa shape index (κ1) is 17.7. The minimum Gasteiger partial charge on any atom is -0.389 e. The smallest absolute Gasteiger partial charge is 0.254 e. The topological polar surface area (TPSA) is 106 Å². The Morgan fingerprint density at radius 3 is 2.48 bits per heavy atom. The summed E-state index contributed by atoms with van der Waals surface area (Å²) in [6.45, 7) is 0.681. The van der Waals surface area contributed by atoms with E-state index >= 15 is 0 Å². The molecule has 0 atom stereocenters. The number of nitrogens with zero attached hydrogens (tertiary/aromatic N) is 2. The zero-order valence-corrected chi connectivity index (χ0v) is 15.1. The van der Waals surface area contributed by atoms with Crippen LogP contribution in [0.1, 0.15) is 10.4 Å². The molecular formula is C19H19N3O4S. The van der Waals surface area contributed by atoms with Crippen molar-refractivity contribution in [3.63, 3.8) is 0 Å². The van der Waals surface area contributed by atoms with Gasteiger partial charge in [-0.05, 0) is 36.4 Å². The van der Waals surface area contributed by atoms with E-state index in [2.05, 4.69) is 9.71 Å². The van der Waals surface area contributed by atoms with Crippen LogP contribution in [0.4, 0.5) is 5.69 Å². The Morgan fingerprint density at radius 1 is 1.07 bits per heavy atom. The van der Waals surface area contributed by atoms with Crippen LogP contribution in [0.2, 0.25) is 0 Å². The third-order valence-electron chi connectivity index (χ3n) is 4.44. The van der Waals surface area contributed by atoms with Gasteiger partial charge in [-0.15, -0.1) is 0 Å². The Bertz CT molecular complexity index is 982. The molecule has 1 fully saturated rings. The Kier molecular flexibility index (Phi) is 4.48. The number of fused-ring (bicyclic) bond motifs is 1. The van der Waals surface area contributed by atoms with Crippen LogP contribution in [-0.4, -0.2) is 49.2 Å². The fourth-order valence-corrected chi connectivity index (χ4v) is 4.29. The van der Waals surface area contributed by atoms with Gasteiger partial charge >= 0.3 is 0 Å². The standard InChI is InChI=1S/C19H19N3O4S/c23-16-11-22(12-16)19(24)14-6-8-15(9-7-14)21-27(25,26)17-5-1-3-13-4-2-10-20-18(13)17/h1-10,16,21,23,25-26H,11-12H2. The monoisotopic (exact) mass is 385 g/mol. The molecule has 0 aliphatic carbocycles. The van der Waals surface area contributed by atoms with Gasteiger partial charge in [0.25, 0.3) is 5.91 Å². The van der Waals surface area contributed by atoms with Gasteiger partial charge in [0.15, 0.2) is 0 Å². The van der Waals surface area contributed by atoms with Crippen LogP contribution in [0.3, 0.4) is 0 Å². The first-order valence-corrected chi connectivity index (χ1v) is 9.96. The molecule has 4 N–H and O–H groups in total. The number of carbonyl (C=O) groups excluding carboxylic acids is 1. The molecule has 4 rings (SSSR count). The summed E-state index contributed by atoms with van der Waals surface area (Å²) in [5.74, 6) is -0.156. The summed E-state index contributed by atoms with van der Waals surface area (Å²) in [6, 6.07) is 15.4. The van der Waals surface area contributed by atoms with Gasteiger partial charge in [0.05, 0.1) is 17.3 Å². The van der Waals surface area contributed by atoms with Crippen molar-refractivity contribution in [2.45, 2.75) is 11.0 Å². The van der Waals surface area contributed by atoms with E-state index in [1.54, 1.807) is 53.6 Å². The predicted molar refractivity (Wildman–Crippen MR) is 105 cm³/mol. The third kappa shape index (κ3) is 3.47. The van der Waals surface area contributed by atoms with Gasteiger partial charge in [0, 0.05) is 30.2 Å². The van der Waals surface area contributed by atoms with Gasteiger partial charge in [0.1, 0.15) is 4.90 Å². The molecule has 7 nitrogen and oxygen atoms in total. The summed E-state index contributed by atoms with van der Waals surface area (Å²) < 4.78 is 24.1. The molecule has 3 aromatic rings. The van der Waals surface area contributed by atoms with E-state index in [1.807, 2.05) is 12.1 Å². The first-order chi connectivity index (χ1) is 12.9. The van der Waals surface area contributed by atoms with Crippen molar-refractivity contribution in [3.05, 3.63) is 66.4 Å². The molecule has 0 spiro atoms. The summed E-state index contributed by atoms with van der Waals surface area (Å²) >= 11 is 0. The van der Waals surface area contributed by atoms with Crippen molar-refractivity contribution >= 4 is 33.3 Å². The number of hydrogen-bond acceptors (Lipinski definition) is 6. The van der Waals surface area contributed by atoms with Crippen molar-refractivity contribution in [2.24, 2.45) is 0 Å². The number of benzene rings is 2. The zero-order chi connectivity index (χ0) is 19.0.